The van der Waals surface area contributed by atoms with Crippen LogP contribution < -0.4 is 16.0 Å². The second-order valence-corrected chi connectivity index (χ2v) is 7.05. The van der Waals surface area contributed by atoms with Crippen molar-refractivity contribution >= 4 is 46.4 Å². The Balaban J connectivity index is 0.00000243. The zero-order valence-electron chi connectivity index (χ0n) is 14.5. The highest BCUT2D eigenvalue weighted by Gasteiger charge is 2.29. The number of hydrogen-bond donors (Lipinski definition) is 3. The zero-order chi connectivity index (χ0) is 17.6. The number of nitrogens with one attached hydrogen (secondary N) is 3. The first-order valence-corrected chi connectivity index (χ1v) is 9.17. The van der Waals surface area contributed by atoms with Crippen LogP contribution in [0, 0.1) is 0 Å². The number of anilines is 2. The van der Waals surface area contributed by atoms with Crippen LogP contribution in [0.1, 0.15) is 22.5 Å². The van der Waals surface area contributed by atoms with E-state index in [1.165, 1.54) is 11.3 Å². The van der Waals surface area contributed by atoms with Crippen LogP contribution in [0.3, 0.4) is 0 Å². The molecule has 1 aliphatic heterocycles. The van der Waals surface area contributed by atoms with Crippen molar-refractivity contribution in [3.63, 3.8) is 0 Å². The fraction of sp³-hybridized carbons (Fsp3) is 0.333. The topological polar surface area (TPSA) is 73.5 Å². The van der Waals surface area contributed by atoms with Crippen molar-refractivity contribution in [1.82, 2.24) is 10.2 Å². The molecule has 1 atom stereocenters. The van der Waals surface area contributed by atoms with Gasteiger partial charge in [-0.25, -0.2) is 4.79 Å². The van der Waals surface area contributed by atoms with E-state index in [0.717, 1.165) is 31.6 Å². The van der Waals surface area contributed by atoms with Crippen LogP contribution in [0.4, 0.5) is 15.5 Å². The maximum Gasteiger partial charge on any atom is 0.324 e. The van der Waals surface area contributed by atoms with Gasteiger partial charge in [-0.15, -0.1) is 23.7 Å². The minimum atomic E-state index is -0.318. The Hall–Kier alpha value is -2.09. The lowest BCUT2D eigenvalue weighted by molar-refractivity contribution is 0.0742. The molecule has 1 saturated heterocycles. The van der Waals surface area contributed by atoms with E-state index >= 15 is 0 Å². The van der Waals surface area contributed by atoms with Gasteiger partial charge in [0.15, 0.2) is 0 Å². The third-order valence-corrected chi connectivity index (χ3v) is 5.15. The molecule has 3 amide bonds. The van der Waals surface area contributed by atoms with Gasteiger partial charge in [0, 0.05) is 24.8 Å². The summed E-state index contributed by atoms with van der Waals surface area (Å²) in [4.78, 5) is 27.3. The Morgan fingerprint density at radius 2 is 1.92 bits per heavy atom. The summed E-state index contributed by atoms with van der Waals surface area (Å²) in [6, 6.07) is 12.7. The summed E-state index contributed by atoms with van der Waals surface area (Å²) < 4.78 is 0. The van der Waals surface area contributed by atoms with Gasteiger partial charge >= 0.3 is 6.03 Å². The van der Waals surface area contributed by atoms with E-state index in [0.29, 0.717) is 9.88 Å². The Kier molecular flexibility index (Phi) is 7.44. The number of carbonyl (C=O) groups excluding carboxylic acids is 2. The van der Waals surface area contributed by atoms with Gasteiger partial charge < -0.3 is 15.5 Å². The lowest BCUT2D eigenvalue weighted by atomic mass is 10.2. The second kappa shape index (κ2) is 9.56. The normalized spacial score (nSPS) is 16.0. The van der Waals surface area contributed by atoms with Gasteiger partial charge in [-0.1, -0.05) is 18.2 Å². The number of likely N-dealkylation sites (N-methyl/N-ethyl adjacent to an activating group) is 1. The number of hydrogen-bond acceptors (Lipinski definition) is 4. The molecule has 0 radical (unpaired) electrons. The first-order chi connectivity index (χ1) is 12.2. The molecule has 1 fully saturated rings. The van der Waals surface area contributed by atoms with Gasteiger partial charge in [0.05, 0.1) is 9.88 Å². The number of nitrogens with zero attached hydrogens (tertiary/aromatic N) is 1. The minimum absolute atomic E-state index is 0. The molecule has 1 aromatic carbocycles. The van der Waals surface area contributed by atoms with E-state index in [4.69, 9.17) is 0 Å². The predicted octanol–water partition coefficient (Wildman–Crippen LogP) is 3.64. The summed E-state index contributed by atoms with van der Waals surface area (Å²) in [6.07, 6.45) is 2.07. The number of urea groups is 1. The summed E-state index contributed by atoms with van der Waals surface area (Å²) >= 11 is 1.30. The molecule has 0 bridgehead atoms. The number of thiophene rings is 1. The van der Waals surface area contributed by atoms with Crippen molar-refractivity contribution in [2.24, 2.45) is 0 Å². The molecule has 0 aliphatic carbocycles. The number of rotatable bonds is 5. The van der Waals surface area contributed by atoms with Crippen molar-refractivity contribution in [3.05, 3.63) is 47.3 Å². The fourth-order valence-electron chi connectivity index (χ4n) is 3.01. The SMILES string of the molecule is CNCC1CCCN1C(=O)c1ccc(NC(=O)Nc2ccccc2)s1.Cl. The van der Waals surface area contributed by atoms with Crippen LogP contribution in [-0.2, 0) is 0 Å². The lowest BCUT2D eigenvalue weighted by Crippen LogP contribution is -2.40. The van der Waals surface area contributed by atoms with Gasteiger partial charge in [0.2, 0.25) is 0 Å². The first-order valence-electron chi connectivity index (χ1n) is 8.36. The number of halogens is 1. The molecule has 2 aromatic rings. The molecule has 0 saturated carbocycles. The molecule has 0 spiro atoms. The molecule has 3 N–H and O–H groups in total. The van der Waals surface area contributed by atoms with E-state index in [2.05, 4.69) is 16.0 Å². The predicted molar refractivity (Wildman–Crippen MR) is 109 cm³/mol. The molecule has 3 rings (SSSR count). The third kappa shape index (κ3) is 4.97. The van der Waals surface area contributed by atoms with Gasteiger partial charge in [-0.05, 0) is 44.2 Å². The third-order valence-electron chi connectivity index (χ3n) is 4.16. The molecular weight excluding hydrogens is 372 g/mol. The minimum Gasteiger partial charge on any atom is -0.334 e. The Bertz CT molecular complexity index is 738. The quantitative estimate of drug-likeness (QED) is 0.724. The van der Waals surface area contributed by atoms with Gasteiger partial charge in [0.25, 0.3) is 5.91 Å². The molecule has 6 nitrogen and oxygen atoms in total. The van der Waals surface area contributed by atoms with Crippen LogP contribution in [0.15, 0.2) is 42.5 Å². The molecule has 26 heavy (non-hydrogen) atoms. The Labute approximate surface area is 163 Å². The van der Waals surface area contributed by atoms with Gasteiger partial charge in [0.1, 0.15) is 0 Å². The highest BCUT2D eigenvalue weighted by Crippen LogP contribution is 2.26. The van der Waals surface area contributed by atoms with E-state index < -0.39 is 0 Å². The number of amides is 3. The number of likely N-dealkylation sites (tertiary alicyclic amines) is 1. The van der Waals surface area contributed by atoms with Crippen LogP contribution in [0.25, 0.3) is 0 Å². The Morgan fingerprint density at radius 3 is 2.65 bits per heavy atom. The van der Waals surface area contributed by atoms with Crippen LogP contribution in [0.5, 0.6) is 0 Å². The summed E-state index contributed by atoms with van der Waals surface area (Å²) in [7, 11) is 1.90. The van der Waals surface area contributed by atoms with E-state index in [1.54, 1.807) is 12.1 Å². The number of carbonyl (C=O) groups is 2. The van der Waals surface area contributed by atoms with Crippen molar-refractivity contribution in [1.29, 1.82) is 0 Å². The van der Waals surface area contributed by atoms with Crippen LogP contribution >= 0.6 is 23.7 Å². The summed E-state index contributed by atoms with van der Waals surface area (Å²) in [5.74, 6) is 0.0410. The van der Waals surface area contributed by atoms with Crippen molar-refractivity contribution < 1.29 is 9.59 Å². The Morgan fingerprint density at radius 1 is 1.15 bits per heavy atom. The average molecular weight is 395 g/mol. The molecular formula is C18H23ClN4O2S. The average Bonchev–Trinajstić information content (AvgIpc) is 3.25. The molecule has 140 valence electrons. The van der Waals surface area contributed by atoms with Crippen molar-refractivity contribution in [2.45, 2.75) is 18.9 Å². The van der Waals surface area contributed by atoms with Crippen LogP contribution in [-0.4, -0.2) is 43.0 Å². The zero-order valence-corrected chi connectivity index (χ0v) is 16.2. The number of benzene rings is 1. The maximum absolute atomic E-state index is 12.7. The van der Waals surface area contributed by atoms with E-state index in [9.17, 15) is 9.59 Å². The highest BCUT2D eigenvalue weighted by molar-refractivity contribution is 7.18. The monoisotopic (exact) mass is 394 g/mol. The fourth-order valence-corrected chi connectivity index (χ4v) is 3.87. The molecule has 8 heteroatoms. The van der Waals surface area contributed by atoms with Gasteiger partial charge in [-0.3, -0.25) is 10.1 Å². The highest BCUT2D eigenvalue weighted by atomic mass is 35.5. The first kappa shape index (κ1) is 20.2. The van der Waals surface area contributed by atoms with E-state index in [-0.39, 0.29) is 30.4 Å². The van der Waals surface area contributed by atoms with Crippen molar-refractivity contribution in [2.75, 3.05) is 30.8 Å². The maximum atomic E-state index is 12.7. The molecule has 2 heterocycles. The molecule has 1 unspecified atom stereocenters. The molecule has 1 aromatic heterocycles. The van der Waals surface area contributed by atoms with E-state index in [1.807, 2.05) is 42.3 Å². The van der Waals surface area contributed by atoms with Crippen molar-refractivity contribution in [3.8, 4) is 0 Å². The molecule has 1 aliphatic rings. The largest absolute Gasteiger partial charge is 0.334 e. The van der Waals surface area contributed by atoms with Crippen LogP contribution in [0.2, 0.25) is 0 Å². The standard InChI is InChI=1S/C18H22N4O2S.ClH/c1-19-12-14-8-5-11-22(14)17(23)15-9-10-16(25-15)21-18(24)20-13-6-3-2-4-7-13;/h2-4,6-7,9-10,14,19H,5,8,11-12H2,1H3,(H2,20,21,24);1H. The summed E-state index contributed by atoms with van der Waals surface area (Å²) in [5.41, 5.74) is 0.722. The smallest absolute Gasteiger partial charge is 0.324 e. The lowest BCUT2D eigenvalue weighted by Gasteiger charge is -2.23. The van der Waals surface area contributed by atoms with Gasteiger partial charge in [-0.2, -0.15) is 0 Å². The summed E-state index contributed by atoms with van der Waals surface area (Å²) in [6.45, 7) is 1.60. The second-order valence-electron chi connectivity index (χ2n) is 5.96. The number of para-hydroxylation sites is 1. The summed E-state index contributed by atoms with van der Waals surface area (Å²) in [5, 5.41) is 9.34.